The van der Waals surface area contributed by atoms with Crippen LogP contribution in [-0.2, 0) is 11.3 Å². The lowest BCUT2D eigenvalue weighted by atomic mass is 10.1. The van der Waals surface area contributed by atoms with Crippen molar-refractivity contribution in [1.29, 1.82) is 0 Å². The van der Waals surface area contributed by atoms with E-state index in [9.17, 15) is 4.79 Å². The molecule has 0 unspecified atom stereocenters. The Bertz CT molecular complexity index is 759. The van der Waals surface area contributed by atoms with Crippen molar-refractivity contribution in [2.45, 2.75) is 26.0 Å². The molecule has 2 aromatic rings. The second-order valence-corrected chi connectivity index (χ2v) is 6.84. The Morgan fingerprint density at radius 2 is 1.65 bits per heavy atom. The van der Waals surface area contributed by atoms with Gasteiger partial charge in [-0.25, -0.2) is 0 Å². The number of methoxy groups -OCH3 is 2. The van der Waals surface area contributed by atoms with Gasteiger partial charge in [-0.15, -0.1) is 0 Å². The highest BCUT2D eigenvalue weighted by Gasteiger charge is 2.33. The number of nitrogens with zero attached hydrogens (tertiary/aromatic N) is 1. The second-order valence-electron chi connectivity index (χ2n) is 6.41. The minimum atomic E-state index is -1.03. The molecule has 0 aromatic heterocycles. The Kier molecular flexibility index (Phi) is 6.37. The Labute approximate surface area is 159 Å². The Morgan fingerprint density at radius 1 is 1.04 bits per heavy atom. The van der Waals surface area contributed by atoms with E-state index in [2.05, 4.69) is 0 Å². The van der Waals surface area contributed by atoms with Gasteiger partial charge in [0.15, 0.2) is 5.60 Å². The van der Waals surface area contributed by atoms with E-state index < -0.39 is 5.60 Å². The third kappa shape index (κ3) is 4.82. The monoisotopic (exact) mass is 377 g/mol. The van der Waals surface area contributed by atoms with Gasteiger partial charge in [-0.1, -0.05) is 11.6 Å². The molecule has 0 atom stereocenters. The van der Waals surface area contributed by atoms with Crippen LogP contribution in [0.25, 0.3) is 0 Å². The summed E-state index contributed by atoms with van der Waals surface area (Å²) in [5.74, 6) is 1.81. The Hall–Kier alpha value is -2.40. The van der Waals surface area contributed by atoms with E-state index in [4.69, 9.17) is 25.8 Å². The number of carbonyl (C=O) groups excluding carboxylic acids is 1. The van der Waals surface area contributed by atoms with Crippen molar-refractivity contribution in [3.05, 3.63) is 53.1 Å². The lowest BCUT2D eigenvalue weighted by Gasteiger charge is -2.30. The second kappa shape index (κ2) is 8.32. The van der Waals surface area contributed by atoms with Gasteiger partial charge in [-0.05, 0) is 50.2 Å². The zero-order valence-electron chi connectivity index (χ0n) is 15.7. The molecule has 2 rings (SSSR count). The van der Waals surface area contributed by atoms with Gasteiger partial charge >= 0.3 is 0 Å². The van der Waals surface area contributed by atoms with Crippen LogP contribution < -0.4 is 14.2 Å². The first-order valence-corrected chi connectivity index (χ1v) is 8.55. The van der Waals surface area contributed by atoms with Crippen LogP contribution in [0, 0.1) is 0 Å². The summed E-state index contributed by atoms with van der Waals surface area (Å²) in [6, 6.07) is 12.4. The van der Waals surface area contributed by atoms with Crippen LogP contribution in [0.5, 0.6) is 17.2 Å². The first-order chi connectivity index (χ1) is 12.3. The van der Waals surface area contributed by atoms with Crippen molar-refractivity contribution in [2.75, 3.05) is 21.3 Å². The fraction of sp³-hybridized carbons (Fsp3) is 0.350. The number of carbonyl (C=O) groups is 1. The highest BCUT2D eigenvalue weighted by molar-refractivity contribution is 6.30. The summed E-state index contributed by atoms with van der Waals surface area (Å²) in [7, 11) is 4.92. The lowest BCUT2D eigenvalue weighted by Crippen LogP contribution is -2.47. The van der Waals surface area contributed by atoms with E-state index in [1.807, 2.05) is 12.1 Å². The molecule has 0 aliphatic heterocycles. The first kappa shape index (κ1) is 19.9. The van der Waals surface area contributed by atoms with E-state index in [0.717, 1.165) is 5.56 Å². The normalized spacial score (nSPS) is 11.0. The average molecular weight is 378 g/mol. The molecule has 0 aliphatic carbocycles. The van der Waals surface area contributed by atoms with Gasteiger partial charge in [-0.3, -0.25) is 4.79 Å². The largest absolute Gasteiger partial charge is 0.497 e. The molecule has 0 fully saturated rings. The first-order valence-electron chi connectivity index (χ1n) is 8.18. The number of likely N-dealkylation sites (N-methyl/N-ethyl adjacent to an activating group) is 1. The van der Waals surface area contributed by atoms with Crippen molar-refractivity contribution in [3.63, 3.8) is 0 Å². The molecule has 0 saturated carbocycles. The van der Waals surface area contributed by atoms with Crippen molar-refractivity contribution in [3.8, 4) is 17.2 Å². The van der Waals surface area contributed by atoms with E-state index in [1.165, 1.54) is 0 Å². The van der Waals surface area contributed by atoms with Gasteiger partial charge in [0.1, 0.15) is 17.2 Å². The highest BCUT2D eigenvalue weighted by Crippen LogP contribution is 2.27. The standard InChI is InChI=1S/C20H24ClNO4/c1-20(2,26-16-10-7-15(21)8-11-16)19(23)22(3)13-14-6-9-17(24-4)12-18(14)25-5/h6-12H,13H2,1-5H3. The maximum atomic E-state index is 12.9. The molecule has 5 nitrogen and oxygen atoms in total. The zero-order chi connectivity index (χ0) is 19.3. The lowest BCUT2D eigenvalue weighted by molar-refractivity contribution is -0.144. The molecule has 0 heterocycles. The van der Waals surface area contributed by atoms with E-state index in [0.29, 0.717) is 28.8 Å². The van der Waals surface area contributed by atoms with Crippen molar-refractivity contribution >= 4 is 17.5 Å². The quantitative estimate of drug-likeness (QED) is 0.726. The molecule has 140 valence electrons. The fourth-order valence-electron chi connectivity index (χ4n) is 2.61. The summed E-state index contributed by atoms with van der Waals surface area (Å²) in [6.07, 6.45) is 0. The van der Waals surface area contributed by atoms with Gasteiger partial charge in [0.2, 0.25) is 0 Å². The number of hydrogen-bond acceptors (Lipinski definition) is 4. The summed E-state index contributed by atoms with van der Waals surface area (Å²) in [5.41, 5.74) is -0.145. The predicted molar refractivity (Wildman–Crippen MR) is 102 cm³/mol. The van der Waals surface area contributed by atoms with Crippen molar-refractivity contribution < 1.29 is 19.0 Å². The molecule has 1 amide bonds. The summed E-state index contributed by atoms with van der Waals surface area (Å²) in [4.78, 5) is 14.5. The third-order valence-corrected chi connectivity index (χ3v) is 4.20. The van der Waals surface area contributed by atoms with Crippen LogP contribution in [0.2, 0.25) is 5.02 Å². The zero-order valence-corrected chi connectivity index (χ0v) is 16.5. The topological polar surface area (TPSA) is 48.0 Å². The molecule has 0 saturated heterocycles. The van der Waals surface area contributed by atoms with Gasteiger partial charge < -0.3 is 19.1 Å². The van der Waals surface area contributed by atoms with Crippen molar-refractivity contribution in [2.24, 2.45) is 0 Å². The van der Waals surface area contributed by atoms with Crippen LogP contribution in [0.1, 0.15) is 19.4 Å². The molecule has 0 aliphatic rings. The Morgan fingerprint density at radius 3 is 2.23 bits per heavy atom. The molecule has 0 bridgehead atoms. The number of amides is 1. The van der Waals surface area contributed by atoms with Crippen molar-refractivity contribution in [1.82, 2.24) is 4.90 Å². The van der Waals surface area contributed by atoms with E-state index in [-0.39, 0.29) is 5.91 Å². The predicted octanol–water partition coefficient (Wildman–Crippen LogP) is 4.17. The summed E-state index contributed by atoms with van der Waals surface area (Å²) in [5, 5.41) is 0.616. The molecular formula is C20H24ClNO4. The van der Waals surface area contributed by atoms with Gasteiger partial charge in [0.25, 0.3) is 5.91 Å². The highest BCUT2D eigenvalue weighted by atomic mass is 35.5. The number of hydrogen-bond donors (Lipinski definition) is 0. The van der Waals surface area contributed by atoms with Gasteiger partial charge in [0.05, 0.1) is 14.2 Å². The maximum absolute atomic E-state index is 12.9. The smallest absolute Gasteiger partial charge is 0.266 e. The van der Waals surface area contributed by atoms with Crippen LogP contribution in [0.15, 0.2) is 42.5 Å². The summed E-state index contributed by atoms with van der Waals surface area (Å²) >= 11 is 5.88. The van der Waals surface area contributed by atoms with E-state index >= 15 is 0 Å². The average Bonchev–Trinajstić information content (AvgIpc) is 2.63. The SMILES string of the molecule is COc1ccc(CN(C)C(=O)C(C)(C)Oc2ccc(Cl)cc2)c(OC)c1. The van der Waals surface area contributed by atoms with Crippen LogP contribution in [0.3, 0.4) is 0 Å². The van der Waals surface area contributed by atoms with Gasteiger partial charge in [-0.2, -0.15) is 0 Å². The summed E-state index contributed by atoms with van der Waals surface area (Å²) in [6.45, 7) is 3.87. The number of benzene rings is 2. The molecule has 2 aromatic carbocycles. The van der Waals surface area contributed by atoms with Gasteiger partial charge in [0, 0.05) is 30.2 Å². The molecule has 0 N–H and O–H groups in total. The van der Waals surface area contributed by atoms with E-state index in [1.54, 1.807) is 70.3 Å². The maximum Gasteiger partial charge on any atom is 0.266 e. The van der Waals surface area contributed by atoms with Crippen LogP contribution in [-0.4, -0.2) is 37.7 Å². The Balaban J connectivity index is 2.11. The molecule has 0 spiro atoms. The number of rotatable bonds is 7. The minimum Gasteiger partial charge on any atom is -0.497 e. The molecule has 0 radical (unpaired) electrons. The number of ether oxygens (including phenoxy) is 3. The van der Waals surface area contributed by atoms with Crippen LogP contribution in [0.4, 0.5) is 0 Å². The molecular weight excluding hydrogens is 354 g/mol. The fourth-order valence-corrected chi connectivity index (χ4v) is 2.74. The van der Waals surface area contributed by atoms with Crippen LogP contribution >= 0.6 is 11.6 Å². The summed E-state index contributed by atoms with van der Waals surface area (Å²) < 4.78 is 16.5. The third-order valence-electron chi connectivity index (χ3n) is 3.95. The molecule has 6 heteroatoms. The molecule has 26 heavy (non-hydrogen) atoms. The minimum absolute atomic E-state index is 0.148. The number of halogens is 1.